The van der Waals surface area contributed by atoms with Crippen LogP contribution in [0.4, 0.5) is 10.5 Å². The highest BCUT2D eigenvalue weighted by atomic mass is 16.4. The summed E-state index contributed by atoms with van der Waals surface area (Å²) in [5, 5.41) is 17.0. The lowest BCUT2D eigenvalue weighted by molar-refractivity contribution is -0.119. The average molecular weight is 291 g/mol. The molecule has 0 bridgehead atoms. The molecule has 1 aliphatic heterocycles. The molecule has 7 heteroatoms. The molecular weight excluding hydrogens is 274 g/mol. The number of nitrogens with one attached hydrogen (secondary N) is 3. The molecule has 1 aliphatic rings. The molecule has 0 saturated carbocycles. The molecule has 0 radical (unpaired) electrons. The van der Waals surface area contributed by atoms with Gasteiger partial charge in [-0.1, -0.05) is 0 Å². The zero-order valence-corrected chi connectivity index (χ0v) is 11.6. The van der Waals surface area contributed by atoms with Gasteiger partial charge in [0.05, 0.1) is 5.56 Å². The van der Waals surface area contributed by atoms with Crippen molar-refractivity contribution in [3.05, 3.63) is 29.3 Å². The molecule has 21 heavy (non-hydrogen) atoms. The monoisotopic (exact) mass is 291 g/mol. The Morgan fingerprint density at radius 2 is 2.19 bits per heavy atom. The molecule has 0 aromatic heterocycles. The van der Waals surface area contributed by atoms with Gasteiger partial charge in [0.1, 0.15) is 0 Å². The van der Waals surface area contributed by atoms with Gasteiger partial charge in [0.2, 0.25) is 5.91 Å². The second-order valence-electron chi connectivity index (χ2n) is 4.97. The fourth-order valence-electron chi connectivity index (χ4n) is 2.20. The van der Waals surface area contributed by atoms with Crippen LogP contribution in [0.1, 0.15) is 28.8 Å². The Hall–Kier alpha value is -2.57. The topological polar surface area (TPSA) is 108 Å². The molecule has 3 amide bonds. The van der Waals surface area contributed by atoms with Crippen molar-refractivity contribution in [2.24, 2.45) is 0 Å². The Bertz CT molecular complexity index is 586. The number of aromatic carboxylic acids is 1. The zero-order valence-electron chi connectivity index (χ0n) is 11.6. The number of amides is 3. The molecule has 1 atom stereocenters. The molecule has 2 rings (SSSR count). The van der Waals surface area contributed by atoms with E-state index < -0.39 is 12.0 Å². The van der Waals surface area contributed by atoms with Gasteiger partial charge in [0.25, 0.3) is 0 Å². The highest BCUT2D eigenvalue weighted by Gasteiger charge is 2.20. The van der Waals surface area contributed by atoms with Gasteiger partial charge in [-0.25, -0.2) is 9.59 Å². The number of carbonyl (C=O) groups excluding carboxylic acids is 2. The van der Waals surface area contributed by atoms with E-state index in [0.29, 0.717) is 30.6 Å². The quantitative estimate of drug-likeness (QED) is 0.666. The summed E-state index contributed by atoms with van der Waals surface area (Å²) in [6.07, 6.45) is 1.20. The second kappa shape index (κ2) is 6.25. The summed E-state index contributed by atoms with van der Waals surface area (Å²) >= 11 is 0. The zero-order chi connectivity index (χ0) is 15.4. The standard InChI is InChI=1S/C14H17N3O4/c1-8-6-9(2-4-11(8)13(19)20)17-14(21)15-7-10-3-5-12(18)16-10/h2,4,6,10H,3,5,7H2,1H3,(H,16,18)(H,19,20)(H2,15,17,21). The normalized spacial score (nSPS) is 17.2. The summed E-state index contributed by atoms with van der Waals surface area (Å²) in [6.45, 7) is 2.03. The lowest BCUT2D eigenvalue weighted by Crippen LogP contribution is -2.40. The van der Waals surface area contributed by atoms with Gasteiger partial charge < -0.3 is 21.1 Å². The highest BCUT2D eigenvalue weighted by molar-refractivity contribution is 5.92. The van der Waals surface area contributed by atoms with Crippen molar-refractivity contribution in [3.63, 3.8) is 0 Å². The molecule has 0 aliphatic carbocycles. The van der Waals surface area contributed by atoms with Crippen LogP contribution in [0.25, 0.3) is 0 Å². The number of anilines is 1. The minimum Gasteiger partial charge on any atom is -0.478 e. The van der Waals surface area contributed by atoms with Gasteiger partial charge in [0, 0.05) is 24.7 Å². The van der Waals surface area contributed by atoms with Crippen molar-refractivity contribution in [1.82, 2.24) is 10.6 Å². The number of carbonyl (C=O) groups is 3. The lowest BCUT2D eigenvalue weighted by Gasteiger charge is -2.12. The van der Waals surface area contributed by atoms with Crippen LogP contribution in [-0.2, 0) is 4.79 Å². The van der Waals surface area contributed by atoms with Crippen LogP contribution in [0.15, 0.2) is 18.2 Å². The Labute approximate surface area is 121 Å². The largest absolute Gasteiger partial charge is 0.478 e. The van der Waals surface area contributed by atoms with Gasteiger partial charge in [-0.3, -0.25) is 4.79 Å². The maximum absolute atomic E-state index is 11.7. The summed E-state index contributed by atoms with van der Waals surface area (Å²) in [4.78, 5) is 33.7. The molecule has 0 spiro atoms. The molecule has 1 heterocycles. The van der Waals surface area contributed by atoms with Crippen molar-refractivity contribution in [1.29, 1.82) is 0 Å². The molecule has 1 unspecified atom stereocenters. The molecular formula is C14H17N3O4. The van der Waals surface area contributed by atoms with E-state index in [0.717, 1.165) is 0 Å². The van der Waals surface area contributed by atoms with Gasteiger partial charge in [-0.2, -0.15) is 0 Å². The maximum atomic E-state index is 11.7. The summed E-state index contributed by atoms with van der Waals surface area (Å²) in [7, 11) is 0. The van der Waals surface area contributed by atoms with Crippen LogP contribution in [0.2, 0.25) is 0 Å². The van der Waals surface area contributed by atoms with Crippen LogP contribution < -0.4 is 16.0 Å². The molecule has 1 fully saturated rings. The Kier molecular flexibility index (Phi) is 4.42. The van der Waals surface area contributed by atoms with Crippen molar-refractivity contribution >= 4 is 23.6 Å². The fourth-order valence-corrected chi connectivity index (χ4v) is 2.20. The van der Waals surface area contributed by atoms with E-state index in [1.807, 2.05) is 0 Å². The van der Waals surface area contributed by atoms with Crippen LogP contribution in [0.5, 0.6) is 0 Å². The number of benzene rings is 1. The van der Waals surface area contributed by atoms with Gasteiger partial charge in [0.15, 0.2) is 0 Å². The first-order valence-electron chi connectivity index (χ1n) is 6.64. The second-order valence-corrected chi connectivity index (χ2v) is 4.97. The van der Waals surface area contributed by atoms with E-state index in [1.165, 1.54) is 12.1 Å². The number of hydrogen-bond donors (Lipinski definition) is 4. The predicted molar refractivity (Wildman–Crippen MR) is 76.3 cm³/mol. The first-order valence-corrected chi connectivity index (χ1v) is 6.64. The van der Waals surface area contributed by atoms with Crippen LogP contribution in [0.3, 0.4) is 0 Å². The van der Waals surface area contributed by atoms with E-state index in [2.05, 4.69) is 16.0 Å². The third-order valence-electron chi connectivity index (χ3n) is 3.31. The van der Waals surface area contributed by atoms with E-state index in [9.17, 15) is 14.4 Å². The third kappa shape index (κ3) is 3.95. The Morgan fingerprint density at radius 1 is 1.43 bits per heavy atom. The molecule has 7 nitrogen and oxygen atoms in total. The van der Waals surface area contributed by atoms with Crippen molar-refractivity contribution in [3.8, 4) is 0 Å². The van der Waals surface area contributed by atoms with Gasteiger partial charge in [-0.15, -0.1) is 0 Å². The maximum Gasteiger partial charge on any atom is 0.335 e. The SMILES string of the molecule is Cc1cc(NC(=O)NCC2CCC(=O)N2)ccc1C(=O)O. The summed E-state index contributed by atoms with van der Waals surface area (Å²) < 4.78 is 0. The first-order chi connectivity index (χ1) is 9.95. The number of urea groups is 1. The fraction of sp³-hybridized carbons (Fsp3) is 0.357. The number of hydrogen-bond acceptors (Lipinski definition) is 3. The Morgan fingerprint density at radius 3 is 2.76 bits per heavy atom. The van der Waals surface area contributed by atoms with Crippen molar-refractivity contribution in [2.45, 2.75) is 25.8 Å². The predicted octanol–water partition coefficient (Wildman–Crippen LogP) is 1.09. The van der Waals surface area contributed by atoms with Gasteiger partial charge >= 0.3 is 12.0 Å². The van der Waals surface area contributed by atoms with Crippen LogP contribution >= 0.6 is 0 Å². The van der Waals surface area contributed by atoms with E-state index in [-0.39, 0.29) is 17.5 Å². The molecule has 1 saturated heterocycles. The number of carboxylic acid groups (broad SMARTS) is 1. The smallest absolute Gasteiger partial charge is 0.335 e. The molecule has 1 aromatic carbocycles. The van der Waals surface area contributed by atoms with E-state index >= 15 is 0 Å². The third-order valence-corrected chi connectivity index (χ3v) is 3.31. The van der Waals surface area contributed by atoms with Crippen molar-refractivity contribution < 1.29 is 19.5 Å². The number of rotatable bonds is 4. The molecule has 1 aromatic rings. The highest BCUT2D eigenvalue weighted by Crippen LogP contribution is 2.15. The molecule has 112 valence electrons. The van der Waals surface area contributed by atoms with Gasteiger partial charge in [-0.05, 0) is 37.1 Å². The van der Waals surface area contributed by atoms with Crippen molar-refractivity contribution in [2.75, 3.05) is 11.9 Å². The van der Waals surface area contributed by atoms with Crippen LogP contribution in [0, 0.1) is 6.92 Å². The molecule has 4 N–H and O–H groups in total. The first kappa shape index (κ1) is 14.8. The van der Waals surface area contributed by atoms with E-state index in [4.69, 9.17) is 5.11 Å². The minimum atomic E-state index is -1.000. The summed E-state index contributed by atoms with van der Waals surface area (Å²) in [6, 6.07) is 4.16. The minimum absolute atomic E-state index is 0.00194. The summed E-state index contributed by atoms with van der Waals surface area (Å²) in [5.74, 6) is -0.998. The van der Waals surface area contributed by atoms with E-state index in [1.54, 1.807) is 13.0 Å². The summed E-state index contributed by atoms with van der Waals surface area (Å²) in [5.41, 5.74) is 1.29. The number of carboxylic acids is 1. The Balaban J connectivity index is 1.86. The van der Waals surface area contributed by atoms with Crippen LogP contribution in [-0.4, -0.2) is 35.6 Å². The average Bonchev–Trinajstić information content (AvgIpc) is 2.82. The lowest BCUT2D eigenvalue weighted by atomic mass is 10.1. The number of aryl methyl sites for hydroxylation is 1.